The van der Waals surface area contributed by atoms with Gasteiger partial charge < -0.3 is 24.0 Å². The second-order valence-corrected chi connectivity index (χ2v) is 10.2. The van der Waals surface area contributed by atoms with E-state index in [0.29, 0.717) is 51.3 Å². The summed E-state index contributed by atoms with van der Waals surface area (Å²) in [5.41, 5.74) is 2.59. The summed E-state index contributed by atoms with van der Waals surface area (Å²) in [5, 5.41) is 0. The fraction of sp³-hybridized carbons (Fsp3) is 0.538. The normalized spacial score (nSPS) is 22.4. The molecule has 0 radical (unpaired) electrons. The maximum Gasteiger partial charge on any atom is 0.270 e. The predicted molar refractivity (Wildman–Crippen MR) is 130 cm³/mol. The number of piperidine rings is 1. The number of hydrogen-bond donors (Lipinski definition) is 0. The average Bonchev–Trinajstić information content (AvgIpc) is 3.53. The van der Waals surface area contributed by atoms with Crippen LogP contribution in [0.5, 0.6) is 0 Å². The highest BCUT2D eigenvalue weighted by molar-refractivity contribution is 5.96. The van der Waals surface area contributed by atoms with E-state index in [1.807, 2.05) is 12.1 Å². The molecule has 1 spiro atoms. The van der Waals surface area contributed by atoms with Crippen LogP contribution in [0.15, 0.2) is 41.3 Å². The highest BCUT2D eigenvalue weighted by Crippen LogP contribution is 2.61. The zero-order valence-electron chi connectivity index (χ0n) is 19.7. The van der Waals surface area contributed by atoms with Crippen molar-refractivity contribution < 1.29 is 18.3 Å². The van der Waals surface area contributed by atoms with Crippen LogP contribution in [0.4, 0.5) is 25.8 Å². The average molecular weight is 485 g/mol. The number of nitrogens with zero attached hydrogens (tertiary/aromatic N) is 4. The quantitative estimate of drug-likeness (QED) is 0.668. The Morgan fingerprint density at radius 3 is 2.46 bits per heavy atom. The van der Waals surface area contributed by atoms with Gasteiger partial charge in [0.15, 0.2) is 0 Å². The van der Waals surface area contributed by atoms with Gasteiger partial charge in [-0.05, 0) is 43.9 Å². The summed E-state index contributed by atoms with van der Waals surface area (Å²) < 4.78 is 36.2. The molecule has 9 heteroatoms. The predicted octanol–water partition coefficient (Wildman–Crippen LogP) is 2.90. The summed E-state index contributed by atoms with van der Waals surface area (Å²) in [6.45, 7) is 3.65. The molecule has 0 N–H and O–H groups in total. The molecule has 6 rings (SSSR count). The van der Waals surface area contributed by atoms with Crippen LogP contribution in [0.2, 0.25) is 0 Å². The minimum atomic E-state index is -2.74. The number of amides is 1. The first kappa shape index (κ1) is 22.5. The highest BCUT2D eigenvalue weighted by Gasteiger charge is 2.63. The van der Waals surface area contributed by atoms with E-state index in [1.54, 1.807) is 22.1 Å². The molecule has 186 valence electrons. The first-order valence-corrected chi connectivity index (χ1v) is 12.5. The smallest absolute Gasteiger partial charge is 0.270 e. The number of anilines is 3. The van der Waals surface area contributed by atoms with Crippen LogP contribution in [-0.4, -0.2) is 62.3 Å². The Kier molecular flexibility index (Phi) is 5.36. The largest absolute Gasteiger partial charge is 0.378 e. The maximum absolute atomic E-state index is 14.7. The van der Waals surface area contributed by atoms with E-state index in [1.165, 1.54) is 10.6 Å². The van der Waals surface area contributed by atoms with Gasteiger partial charge in [0.05, 0.1) is 25.4 Å². The summed E-state index contributed by atoms with van der Waals surface area (Å²) >= 11 is 0. The Morgan fingerprint density at radius 2 is 1.71 bits per heavy atom. The van der Waals surface area contributed by atoms with Crippen molar-refractivity contribution in [1.29, 1.82) is 0 Å². The Labute approximate surface area is 202 Å². The first-order chi connectivity index (χ1) is 16.9. The number of halogens is 2. The van der Waals surface area contributed by atoms with Gasteiger partial charge in [-0.3, -0.25) is 9.59 Å². The lowest BCUT2D eigenvalue weighted by molar-refractivity contribution is -0.119. The molecular weight excluding hydrogens is 454 g/mol. The number of ether oxygens (including phenoxy) is 1. The topological polar surface area (TPSA) is 58.0 Å². The molecule has 4 aliphatic rings. The second-order valence-electron chi connectivity index (χ2n) is 10.2. The van der Waals surface area contributed by atoms with E-state index >= 15 is 0 Å². The summed E-state index contributed by atoms with van der Waals surface area (Å²) in [6.07, 6.45) is 3.95. The van der Waals surface area contributed by atoms with E-state index < -0.39 is 11.3 Å². The number of pyridine rings is 1. The summed E-state index contributed by atoms with van der Waals surface area (Å²) in [6, 6.07) is 8.96. The van der Waals surface area contributed by atoms with Crippen LogP contribution in [0.1, 0.15) is 24.8 Å². The molecule has 0 unspecified atom stereocenters. The van der Waals surface area contributed by atoms with Gasteiger partial charge in [-0.1, -0.05) is 6.07 Å². The van der Waals surface area contributed by atoms with E-state index in [-0.39, 0.29) is 24.6 Å². The highest BCUT2D eigenvalue weighted by atomic mass is 19.3. The van der Waals surface area contributed by atoms with Crippen molar-refractivity contribution in [2.75, 3.05) is 60.6 Å². The minimum absolute atomic E-state index is 0.123. The molecular formula is C26H30F2N4O3. The molecule has 1 aliphatic carbocycles. The van der Waals surface area contributed by atoms with E-state index in [0.717, 1.165) is 36.4 Å². The molecule has 0 atom stereocenters. The van der Waals surface area contributed by atoms with Crippen LogP contribution >= 0.6 is 0 Å². The van der Waals surface area contributed by atoms with E-state index in [2.05, 4.69) is 11.0 Å². The second kappa shape index (κ2) is 8.33. The Morgan fingerprint density at radius 1 is 0.943 bits per heavy atom. The third kappa shape index (κ3) is 3.90. The van der Waals surface area contributed by atoms with Crippen LogP contribution in [-0.2, 0) is 22.5 Å². The first-order valence-electron chi connectivity index (χ1n) is 12.5. The van der Waals surface area contributed by atoms with Gasteiger partial charge in [-0.2, -0.15) is 0 Å². The van der Waals surface area contributed by atoms with Crippen LogP contribution in [0.3, 0.4) is 0 Å². The molecule has 0 bridgehead atoms. The minimum Gasteiger partial charge on any atom is -0.378 e. The number of fused-ring (bicyclic) bond motifs is 1. The summed E-state index contributed by atoms with van der Waals surface area (Å²) in [4.78, 5) is 31.5. The third-order valence-corrected chi connectivity index (χ3v) is 8.17. The van der Waals surface area contributed by atoms with Gasteiger partial charge in [0.25, 0.3) is 11.5 Å². The number of rotatable bonds is 4. The lowest BCUT2D eigenvalue weighted by Crippen LogP contribution is -2.50. The van der Waals surface area contributed by atoms with Gasteiger partial charge in [0, 0.05) is 60.8 Å². The van der Waals surface area contributed by atoms with Gasteiger partial charge in [0.1, 0.15) is 6.54 Å². The van der Waals surface area contributed by atoms with Crippen molar-refractivity contribution in [3.8, 4) is 0 Å². The van der Waals surface area contributed by atoms with E-state index in [4.69, 9.17) is 4.74 Å². The van der Waals surface area contributed by atoms with Gasteiger partial charge in [-0.25, -0.2) is 8.78 Å². The van der Waals surface area contributed by atoms with Crippen molar-refractivity contribution in [3.63, 3.8) is 0 Å². The van der Waals surface area contributed by atoms with Crippen LogP contribution < -0.4 is 20.3 Å². The molecule has 2 aromatic rings. The van der Waals surface area contributed by atoms with Gasteiger partial charge in [0.2, 0.25) is 5.91 Å². The lowest BCUT2D eigenvalue weighted by Gasteiger charge is -2.40. The van der Waals surface area contributed by atoms with Crippen molar-refractivity contribution in [3.05, 3.63) is 52.4 Å². The van der Waals surface area contributed by atoms with Crippen LogP contribution in [0, 0.1) is 5.41 Å². The fourth-order valence-electron chi connectivity index (χ4n) is 5.84. The number of aromatic nitrogens is 1. The van der Waals surface area contributed by atoms with Crippen molar-refractivity contribution >= 4 is 23.0 Å². The number of benzene rings is 1. The molecule has 1 amide bonds. The van der Waals surface area contributed by atoms with Crippen molar-refractivity contribution in [2.45, 2.75) is 38.2 Å². The van der Waals surface area contributed by atoms with Gasteiger partial charge in [-0.15, -0.1) is 0 Å². The number of morpholine rings is 1. The number of alkyl halides is 2. The molecule has 1 saturated carbocycles. The summed E-state index contributed by atoms with van der Waals surface area (Å²) in [5.74, 6) is -2.91. The number of carbonyl (C=O) groups excluding carboxylic acids is 1. The summed E-state index contributed by atoms with van der Waals surface area (Å²) in [7, 11) is 0. The number of carbonyl (C=O) groups is 1. The molecule has 2 saturated heterocycles. The molecule has 35 heavy (non-hydrogen) atoms. The Bertz CT molecular complexity index is 1200. The fourth-order valence-corrected chi connectivity index (χ4v) is 5.84. The van der Waals surface area contributed by atoms with Crippen molar-refractivity contribution in [2.24, 2.45) is 5.41 Å². The van der Waals surface area contributed by atoms with Crippen LogP contribution in [0.25, 0.3) is 0 Å². The van der Waals surface area contributed by atoms with E-state index in [9.17, 15) is 18.4 Å². The Hall–Kier alpha value is -2.94. The maximum atomic E-state index is 14.7. The standard InChI is InChI=1S/C26H30F2N4O3/c27-26(28)18-30(11-9-25(26)7-8-25)19-4-5-23(33)31(16-19)17-24(34)32-10-6-20-21(2-1-3-22(20)32)29-12-14-35-15-13-29/h1-5,16H,6-15,17-18H2. The number of hydrogen-bond acceptors (Lipinski definition) is 5. The van der Waals surface area contributed by atoms with Gasteiger partial charge >= 0.3 is 0 Å². The molecule has 7 nitrogen and oxygen atoms in total. The Balaban J connectivity index is 1.20. The monoisotopic (exact) mass is 484 g/mol. The SMILES string of the molecule is O=C(Cn1cc(N2CCC3(CC3)C(F)(F)C2)ccc1=O)N1CCc2c(N3CCOCC3)cccc21. The zero-order chi connectivity index (χ0) is 24.2. The molecule has 3 aliphatic heterocycles. The van der Waals surface area contributed by atoms with Crippen molar-refractivity contribution in [1.82, 2.24) is 4.57 Å². The zero-order valence-corrected chi connectivity index (χ0v) is 19.7. The molecule has 3 fully saturated rings. The molecule has 4 heterocycles. The molecule has 1 aromatic carbocycles. The molecule has 1 aromatic heterocycles. The third-order valence-electron chi connectivity index (χ3n) is 8.17. The lowest BCUT2D eigenvalue weighted by atomic mass is 9.89.